The van der Waals surface area contributed by atoms with Crippen LogP contribution in [0.4, 0.5) is 11.5 Å². The SMILES string of the molecule is Cn1cc(-c2cc3c(Br)c[nH]c(=O)c3c(Nc3ccc(C4CCNCC4)cc3)n2)cn1. The van der Waals surface area contributed by atoms with Gasteiger partial charge in [0.15, 0.2) is 0 Å². The number of piperidine rings is 1. The fourth-order valence-corrected chi connectivity index (χ4v) is 4.59. The summed E-state index contributed by atoms with van der Waals surface area (Å²) in [7, 11) is 1.87. The summed E-state index contributed by atoms with van der Waals surface area (Å²) in [6, 6.07) is 10.4. The number of H-pyrrole nitrogens is 1. The van der Waals surface area contributed by atoms with Gasteiger partial charge in [0.05, 0.1) is 17.3 Å². The van der Waals surface area contributed by atoms with Crippen LogP contribution >= 0.6 is 15.9 Å². The highest BCUT2D eigenvalue weighted by atomic mass is 79.9. The number of aromatic nitrogens is 4. The van der Waals surface area contributed by atoms with Gasteiger partial charge in [0.1, 0.15) is 5.82 Å². The summed E-state index contributed by atoms with van der Waals surface area (Å²) < 4.78 is 2.54. The molecule has 1 aromatic carbocycles. The molecule has 0 saturated carbocycles. The zero-order chi connectivity index (χ0) is 21.4. The maximum absolute atomic E-state index is 12.7. The van der Waals surface area contributed by atoms with Crippen LogP contribution in [0.3, 0.4) is 0 Å². The Morgan fingerprint density at radius 1 is 1.19 bits per heavy atom. The third-order valence-electron chi connectivity index (χ3n) is 5.82. The van der Waals surface area contributed by atoms with Crippen LogP contribution in [0.25, 0.3) is 22.0 Å². The lowest BCUT2D eigenvalue weighted by molar-refractivity contribution is 0.460. The van der Waals surface area contributed by atoms with Crippen LogP contribution in [-0.4, -0.2) is 32.8 Å². The van der Waals surface area contributed by atoms with E-state index in [2.05, 4.69) is 60.9 Å². The van der Waals surface area contributed by atoms with Crippen LogP contribution < -0.4 is 16.2 Å². The molecule has 0 amide bonds. The Labute approximate surface area is 188 Å². The van der Waals surface area contributed by atoms with Gasteiger partial charge in [0, 0.05) is 40.6 Å². The standard InChI is InChI=1S/C23H23BrN6O/c1-30-13-16(11-27-30)20-10-18-19(24)12-26-23(31)21(18)22(29-20)28-17-4-2-14(3-5-17)15-6-8-25-9-7-15/h2-5,10-13,15,25H,6-9H2,1H3,(H,26,31)(H,28,29). The van der Waals surface area contributed by atoms with Crippen LogP contribution in [0, 0.1) is 0 Å². The van der Waals surface area contributed by atoms with E-state index in [4.69, 9.17) is 4.98 Å². The molecule has 0 spiro atoms. The molecule has 0 radical (unpaired) electrons. The number of hydrogen-bond acceptors (Lipinski definition) is 5. The van der Waals surface area contributed by atoms with E-state index < -0.39 is 0 Å². The summed E-state index contributed by atoms with van der Waals surface area (Å²) in [6.45, 7) is 2.14. The molecule has 1 aliphatic heterocycles. The molecule has 3 N–H and O–H groups in total. The predicted octanol–water partition coefficient (Wildman–Crippen LogP) is 4.30. The van der Waals surface area contributed by atoms with E-state index in [1.54, 1.807) is 17.1 Å². The average molecular weight is 479 g/mol. The minimum absolute atomic E-state index is 0.183. The van der Waals surface area contributed by atoms with Crippen molar-refractivity contribution in [1.29, 1.82) is 0 Å². The van der Waals surface area contributed by atoms with Crippen molar-refractivity contribution in [2.75, 3.05) is 18.4 Å². The van der Waals surface area contributed by atoms with E-state index in [1.807, 2.05) is 19.3 Å². The Hall–Kier alpha value is -2.97. The molecule has 31 heavy (non-hydrogen) atoms. The number of rotatable bonds is 4. The van der Waals surface area contributed by atoms with E-state index >= 15 is 0 Å². The van der Waals surface area contributed by atoms with Crippen molar-refractivity contribution in [3.8, 4) is 11.3 Å². The number of pyridine rings is 2. The molecule has 0 atom stereocenters. The number of anilines is 2. The van der Waals surface area contributed by atoms with Crippen molar-refractivity contribution in [1.82, 2.24) is 25.1 Å². The second-order valence-corrected chi connectivity index (χ2v) is 8.77. The first-order valence-electron chi connectivity index (χ1n) is 10.4. The van der Waals surface area contributed by atoms with E-state index in [-0.39, 0.29) is 5.56 Å². The zero-order valence-corrected chi connectivity index (χ0v) is 18.7. The maximum atomic E-state index is 12.7. The van der Waals surface area contributed by atoms with E-state index in [0.29, 0.717) is 17.1 Å². The van der Waals surface area contributed by atoms with Crippen molar-refractivity contribution in [3.63, 3.8) is 0 Å². The number of nitrogens with one attached hydrogen (secondary N) is 3. The van der Waals surface area contributed by atoms with Gasteiger partial charge in [-0.3, -0.25) is 9.48 Å². The Morgan fingerprint density at radius 2 is 1.97 bits per heavy atom. The highest BCUT2D eigenvalue weighted by Crippen LogP contribution is 2.32. The lowest BCUT2D eigenvalue weighted by atomic mass is 9.90. The number of fused-ring (bicyclic) bond motifs is 1. The lowest BCUT2D eigenvalue weighted by Crippen LogP contribution is -2.26. The van der Waals surface area contributed by atoms with Crippen molar-refractivity contribution < 1.29 is 0 Å². The van der Waals surface area contributed by atoms with Crippen molar-refractivity contribution in [2.24, 2.45) is 7.05 Å². The Bertz CT molecular complexity index is 1290. The monoisotopic (exact) mass is 478 g/mol. The van der Waals surface area contributed by atoms with Gasteiger partial charge < -0.3 is 15.6 Å². The van der Waals surface area contributed by atoms with Gasteiger partial charge in [-0.25, -0.2) is 4.98 Å². The van der Waals surface area contributed by atoms with Gasteiger partial charge >= 0.3 is 0 Å². The van der Waals surface area contributed by atoms with E-state index in [1.165, 1.54) is 5.56 Å². The van der Waals surface area contributed by atoms with Gasteiger partial charge in [-0.2, -0.15) is 5.10 Å². The Balaban J connectivity index is 1.55. The number of aryl methyl sites for hydroxylation is 1. The van der Waals surface area contributed by atoms with Crippen molar-refractivity contribution >= 4 is 38.2 Å². The van der Waals surface area contributed by atoms with Gasteiger partial charge in [-0.05, 0) is 71.5 Å². The minimum atomic E-state index is -0.183. The smallest absolute Gasteiger partial charge is 0.259 e. The van der Waals surface area contributed by atoms with Crippen LogP contribution in [0.5, 0.6) is 0 Å². The quantitative estimate of drug-likeness (QED) is 0.407. The summed E-state index contributed by atoms with van der Waals surface area (Å²) in [5.41, 5.74) is 3.71. The van der Waals surface area contributed by atoms with Crippen LogP contribution in [-0.2, 0) is 7.05 Å². The highest BCUT2D eigenvalue weighted by Gasteiger charge is 2.16. The van der Waals surface area contributed by atoms with Crippen molar-refractivity contribution in [2.45, 2.75) is 18.8 Å². The third-order valence-corrected chi connectivity index (χ3v) is 6.47. The number of halogens is 1. The van der Waals surface area contributed by atoms with E-state index in [0.717, 1.165) is 52.7 Å². The molecule has 0 bridgehead atoms. The molecule has 1 fully saturated rings. The summed E-state index contributed by atoms with van der Waals surface area (Å²) >= 11 is 3.56. The molecular formula is C23H23BrN6O. The zero-order valence-electron chi connectivity index (χ0n) is 17.2. The summed E-state index contributed by atoms with van der Waals surface area (Å²) in [4.78, 5) is 20.2. The number of nitrogens with zero attached hydrogens (tertiary/aromatic N) is 3. The molecule has 4 heterocycles. The summed E-state index contributed by atoms with van der Waals surface area (Å²) in [5.74, 6) is 1.12. The van der Waals surface area contributed by atoms with Gasteiger partial charge in [0.25, 0.3) is 5.56 Å². The minimum Gasteiger partial charge on any atom is -0.340 e. The van der Waals surface area contributed by atoms with Gasteiger partial charge in [-0.1, -0.05) is 12.1 Å². The average Bonchev–Trinajstić information content (AvgIpc) is 3.23. The van der Waals surface area contributed by atoms with Crippen molar-refractivity contribution in [3.05, 3.63) is 69.3 Å². The Kier molecular flexibility index (Phi) is 5.33. The largest absolute Gasteiger partial charge is 0.340 e. The predicted molar refractivity (Wildman–Crippen MR) is 127 cm³/mol. The fourth-order valence-electron chi connectivity index (χ4n) is 4.16. The number of hydrogen-bond donors (Lipinski definition) is 3. The maximum Gasteiger partial charge on any atom is 0.259 e. The van der Waals surface area contributed by atoms with Gasteiger partial charge in [0.2, 0.25) is 0 Å². The Morgan fingerprint density at radius 3 is 2.68 bits per heavy atom. The molecule has 0 unspecified atom stereocenters. The second kappa shape index (κ2) is 8.28. The number of benzene rings is 1. The number of aromatic amines is 1. The molecule has 5 rings (SSSR count). The molecule has 1 saturated heterocycles. The lowest BCUT2D eigenvalue weighted by Gasteiger charge is -2.23. The molecule has 158 valence electrons. The van der Waals surface area contributed by atoms with Crippen LogP contribution in [0.15, 0.2) is 58.2 Å². The summed E-state index contributed by atoms with van der Waals surface area (Å²) in [6.07, 6.45) is 7.67. The molecule has 4 aromatic rings. The molecule has 1 aliphatic rings. The third kappa shape index (κ3) is 4.00. The molecule has 0 aliphatic carbocycles. The normalized spacial score (nSPS) is 14.8. The van der Waals surface area contributed by atoms with Crippen LogP contribution in [0.1, 0.15) is 24.3 Å². The first-order chi connectivity index (χ1) is 15.1. The molecule has 8 heteroatoms. The molecule has 7 nitrogen and oxygen atoms in total. The first-order valence-corrected chi connectivity index (χ1v) is 11.2. The van der Waals surface area contributed by atoms with Gasteiger partial charge in [-0.15, -0.1) is 0 Å². The van der Waals surface area contributed by atoms with E-state index in [9.17, 15) is 4.79 Å². The van der Waals surface area contributed by atoms with Crippen LogP contribution in [0.2, 0.25) is 0 Å². The fraction of sp³-hybridized carbons (Fsp3) is 0.261. The molecular weight excluding hydrogens is 456 g/mol. The first kappa shape index (κ1) is 20.0. The second-order valence-electron chi connectivity index (χ2n) is 7.92. The highest BCUT2D eigenvalue weighted by molar-refractivity contribution is 9.10. The molecule has 3 aromatic heterocycles. The topological polar surface area (TPSA) is 87.6 Å². The summed E-state index contributed by atoms with van der Waals surface area (Å²) in [5, 5.41) is 12.4.